The third-order valence-electron chi connectivity index (χ3n) is 3.07. The molecule has 0 aliphatic heterocycles. The van der Waals surface area contributed by atoms with Crippen LogP contribution in [0.1, 0.15) is 37.7 Å². The standard InChI is InChI=1S/C13H16BrFN4/c1-3-11(16)13-12(4-2)19(18-17-13)8-5-6-10(15)9(14)7-8/h5-7,11H,3-4,16H2,1-2H3. The first-order valence-electron chi connectivity index (χ1n) is 6.23. The lowest BCUT2D eigenvalue weighted by molar-refractivity contribution is 0.619. The van der Waals surface area contributed by atoms with E-state index in [2.05, 4.69) is 26.2 Å². The first-order chi connectivity index (χ1) is 9.08. The molecule has 0 fully saturated rings. The van der Waals surface area contributed by atoms with Gasteiger partial charge in [-0.05, 0) is 47.0 Å². The summed E-state index contributed by atoms with van der Waals surface area (Å²) < 4.78 is 15.4. The SMILES string of the molecule is CCc1c(C(N)CC)nnn1-c1ccc(F)c(Br)c1. The van der Waals surface area contributed by atoms with Crippen LogP contribution in [0.2, 0.25) is 0 Å². The van der Waals surface area contributed by atoms with Crippen molar-refractivity contribution < 1.29 is 4.39 Å². The van der Waals surface area contributed by atoms with Gasteiger partial charge in [-0.3, -0.25) is 0 Å². The van der Waals surface area contributed by atoms with Gasteiger partial charge in [-0.25, -0.2) is 9.07 Å². The van der Waals surface area contributed by atoms with Crippen molar-refractivity contribution in [2.24, 2.45) is 5.73 Å². The van der Waals surface area contributed by atoms with Crippen molar-refractivity contribution in [3.63, 3.8) is 0 Å². The van der Waals surface area contributed by atoms with Crippen molar-refractivity contribution in [1.29, 1.82) is 0 Å². The minimum absolute atomic E-state index is 0.118. The van der Waals surface area contributed by atoms with Gasteiger partial charge in [0.2, 0.25) is 0 Å². The summed E-state index contributed by atoms with van der Waals surface area (Å²) in [5, 5.41) is 8.31. The van der Waals surface area contributed by atoms with Crippen molar-refractivity contribution >= 4 is 15.9 Å². The second-order valence-corrected chi connectivity index (χ2v) is 5.15. The summed E-state index contributed by atoms with van der Waals surface area (Å²) in [7, 11) is 0. The highest BCUT2D eigenvalue weighted by atomic mass is 79.9. The minimum atomic E-state index is -0.299. The van der Waals surface area contributed by atoms with Gasteiger partial charge in [-0.1, -0.05) is 19.1 Å². The molecule has 1 aromatic carbocycles. The lowest BCUT2D eigenvalue weighted by Gasteiger charge is -2.09. The molecule has 19 heavy (non-hydrogen) atoms. The van der Waals surface area contributed by atoms with Gasteiger partial charge in [0.1, 0.15) is 11.5 Å². The van der Waals surface area contributed by atoms with Gasteiger partial charge in [0.15, 0.2) is 0 Å². The summed E-state index contributed by atoms with van der Waals surface area (Å²) in [6, 6.07) is 4.65. The highest BCUT2D eigenvalue weighted by Gasteiger charge is 2.17. The first kappa shape index (κ1) is 14.1. The summed E-state index contributed by atoms with van der Waals surface area (Å²) >= 11 is 3.18. The van der Waals surface area contributed by atoms with E-state index in [1.807, 2.05) is 13.8 Å². The van der Waals surface area contributed by atoms with E-state index < -0.39 is 0 Å². The Hall–Kier alpha value is -1.27. The van der Waals surface area contributed by atoms with Crippen LogP contribution in [0.3, 0.4) is 0 Å². The first-order valence-corrected chi connectivity index (χ1v) is 7.03. The maximum Gasteiger partial charge on any atom is 0.137 e. The maximum atomic E-state index is 13.3. The maximum absolute atomic E-state index is 13.3. The van der Waals surface area contributed by atoms with E-state index in [0.717, 1.165) is 29.9 Å². The van der Waals surface area contributed by atoms with E-state index in [1.54, 1.807) is 16.8 Å². The molecule has 2 rings (SSSR count). The van der Waals surface area contributed by atoms with Gasteiger partial charge in [0, 0.05) is 0 Å². The molecule has 0 aliphatic carbocycles. The van der Waals surface area contributed by atoms with Crippen molar-refractivity contribution in [2.75, 3.05) is 0 Å². The predicted molar refractivity (Wildman–Crippen MR) is 75.6 cm³/mol. The molecule has 1 aromatic heterocycles. The fourth-order valence-electron chi connectivity index (χ4n) is 1.95. The zero-order valence-corrected chi connectivity index (χ0v) is 12.5. The van der Waals surface area contributed by atoms with Gasteiger partial charge in [0.25, 0.3) is 0 Å². The Bertz CT molecular complexity index is 582. The number of nitrogens with two attached hydrogens (primary N) is 1. The average molecular weight is 327 g/mol. The van der Waals surface area contributed by atoms with Gasteiger partial charge in [0.05, 0.1) is 21.9 Å². The topological polar surface area (TPSA) is 56.7 Å². The van der Waals surface area contributed by atoms with Gasteiger partial charge >= 0.3 is 0 Å². The van der Waals surface area contributed by atoms with Crippen molar-refractivity contribution in [3.05, 3.63) is 39.9 Å². The lowest BCUT2D eigenvalue weighted by atomic mass is 10.1. The minimum Gasteiger partial charge on any atom is -0.323 e. The number of benzene rings is 1. The number of rotatable bonds is 4. The van der Waals surface area contributed by atoms with E-state index in [-0.39, 0.29) is 11.9 Å². The Morgan fingerprint density at radius 3 is 2.74 bits per heavy atom. The molecule has 0 saturated heterocycles. The molecular weight excluding hydrogens is 311 g/mol. The van der Waals surface area contributed by atoms with Gasteiger partial charge < -0.3 is 5.73 Å². The van der Waals surface area contributed by atoms with Crippen LogP contribution in [-0.4, -0.2) is 15.0 Å². The van der Waals surface area contributed by atoms with Gasteiger partial charge in [-0.15, -0.1) is 5.10 Å². The fourth-order valence-corrected chi connectivity index (χ4v) is 2.32. The second kappa shape index (κ2) is 5.79. The molecule has 0 bridgehead atoms. The fraction of sp³-hybridized carbons (Fsp3) is 0.385. The molecule has 1 atom stereocenters. The van der Waals surface area contributed by atoms with Crippen molar-refractivity contribution in [2.45, 2.75) is 32.7 Å². The molecule has 102 valence electrons. The van der Waals surface area contributed by atoms with Crippen molar-refractivity contribution in [1.82, 2.24) is 15.0 Å². The second-order valence-electron chi connectivity index (χ2n) is 4.30. The molecule has 2 aromatic rings. The van der Waals surface area contributed by atoms with Crippen LogP contribution >= 0.6 is 15.9 Å². The molecule has 0 spiro atoms. The number of hydrogen-bond acceptors (Lipinski definition) is 3. The van der Waals surface area contributed by atoms with Gasteiger partial charge in [-0.2, -0.15) is 0 Å². The third-order valence-corrected chi connectivity index (χ3v) is 3.67. The third kappa shape index (κ3) is 2.69. The van der Waals surface area contributed by atoms with E-state index >= 15 is 0 Å². The van der Waals surface area contributed by atoms with E-state index in [9.17, 15) is 4.39 Å². The summed E-state index contributed by atoms with van der Waals surface area (Å²) in [6.45, 7) is 4.04. The van der Waals surface area contributed by atoms with Crippen LogP contribution in [-0.2, 0) is 6.42 Å². The van der Waals surface area contributed by atoms with Crippen LogP contribution in [0.5, 0.6) is 0 Å². The van der Waals surface area contributed by atoms with Crippen LogP contribution in [0.15, 0.2) is 22.7 Å². The van der Waals surface area contributed by atoms with Crippen LogP contribution in [0.25, 0.3) is 5.69 Å². The molecule has 0 radical (unpaired) electrons. The summed E-state index contributed by atoms with van der Waals surface area (Å²) in [5.41, 5.74) is 8.58. The largest absolute Gasteiger partial charge is 0.323 e. The van der Waals surface area contributed by atoms with Crippen LogP contribution in [0.4, 0.5) is 4.39 Å². The number of hydrogen-bond donors (Lipinski definition) is 1. The Balaban J connectivity index is 2.50. The van der Waals surface area contributed by atoms with E-state index in [0.29, 0.717) is 4.47 Å². The zero-order valence-electron chi connectivity index (χ0n) is 10.9. The molecule has 1 heterocycles. The number of aromatic nitrogens is 3. The number of halogens is 2. The van der Waals surface area contributed by atoms with Crippen LogP contribution < -0.4 is 5.73 Å². The smallest absolute Gasteiger partial charge is 0.137 e. The monoisotopic (exact) mass is 326 g/mol. The molecule has 0 saturated carbocycles. The van der Waals surface area contributed by atoms with Crippen LogP contribution in [0, 0.1) is 5.82 Å². The molecule has 2 N–H and O–H groups in total. The highest BCUT2D eigenvalue weighted by molar-refractivity contribution is 9.10. The number of nitrogens with zero attached hydrogens (tertiary/aromatic N) is 3. The molecular formula is C13H16BrFN4. The van der Waals surface area contributed by atoms with Crippen molar-refractivity contribution in [3.8, 4) is 5.69 Å². The zero-order chi connectivity index (χ0) is 14.0. The molecule has 6 heteroatoms. The Morgan fingerprint density at radius 1 is 1.42 bits per heavy atom. The highest BCUT2D eigenvalue weighted by Crippen LogP contribution is 2.23. The molecule has 0 aliphatic rings. The molecule has 1 unspecified atom stereocenters. The van der Waals surface area contributed by atoms with E-state index in [4.69, 9.17) is 5.73 Å². The quantitative estimate of drug-likeness (QED) is 0.938. The lowest BCUT2D eigenvalue weighted by Crippen LogP contribution is -2.12. The Kier molecular flexibility index (Phi) is 4.31. The average Bonchev–Trinajstić information content (AvgIpc) is 2.84. The predicted octanol–water partition coefficient (Wildman–Crippen LogP) is 3.14. The summed E-state index contributed by atoms with van der Waals surface area (Å²) in [5.74, 6) is -0.299. The Labute approximate surface area is 119 Å². The summed E-state index contributed by atoms with van der Waals surface area (Å²) in [4.78, 5) is 0. The molecule has 4 nitrogen and oxygen atoms in total. The Morgan fingerprint density at radius 2 is 2.16 bits per heavy atom. The van der Waals surface area contributed by atoms with E-state index in [1.165, 1.54) is 6.07 Å². The normalized spacial score (nSPS) is 12.7. The summed E-state index contributed by atoms with van der Waals surface area (Å²) in [6.07, 6.45) is 1.57. The molecule has 0 amide bonds.